The van der Waals surface area contributed by atoms with Gasteiger partial charge in [0.05, 0.1) is 0 Å². The first-order valence-corrected chi connectivity index (χ1v) is 9.83. The molecule has 0 aliphatic heterocycles. The van der Waals surface area contributed by atoms with E-state index in [4.69, 9.17) is 5.10 Å². The maximum atomic E-state index is 4.85. The van der Waals surface area contributed by atoms with Crippen LogP contribution in [0.5, 0.6) is 0 Å². The Bertz CT molecular complexity index is 1130. The van der Waals surface area contributed by atoms with E-state index in [1.165, 1.54) is 0 Å². The molecule has 0 saturated heterocycles. The van der Waals surface area contributed by atoms with Crippen LogP contribution in [0.3, 0.4) is 0 Å². The molecule has 144 valence electrons. The number of tetrazole rings is 1. The van der Waals surface area contributed by atoms with Gasteiger partial charge in [0.1, 0.15) is 5.82 Å². The molecule has 0 amide bonds. The summed E-state index contributed by atoms with van der Waals surface area (Å²) in [6, 6.07) is 41.8. The van der Waals surface area contributed by atoms with Crippen molar-refractivity contribution in [2.75, 3.05) is 0 Å². The number of hydrogen-bond acceptors (Lipinski definition) is 3. The smallest absolute Gasteiger partial charge is 0.181 e. The topological polar surface area (TPSA) is 43.6 Å². The Kier molecular flexibility index (Phi) is 6.13. The molecule has 1 aromatic heterocycles. The summed E-state index contributed by atoms with van der Waals surface area (Å²) in [5.74, 6) is 0.544. The molecule has 0 atom stereocenters. The van der Waals surface area contributed by atoms with Crippen LogP contribution in [0.4, 0.5) is 0 Å². The summed E-state index contributed by atoms with van der Waals surface area (Å²) in [4.78, 5) is 1.73. The first kappa shape index (κ1) is 20.8. The fraction of sp³-hybridized carbons (Fsp3) is 0.0385. The molecule has 0 aliphatic rings. The molecule has 0 unspecified atom stereocenters. The Morgan fingerprint density at radius 1 is 0.613 bits per heavy atom. The van der Waals surface area contributed by atoms with E-state index >= 15 is 0 Å². The van der Waals surface area contributed by atoms with Crippen molar-refractivity contribution in [3.63, 3.8) is 0 Å². The van der Waals surface area contributed by atoms with Crippen molar-refractivity contribution in [3.8, 4) is 11.4 Å². The van der Waals surface area contributed by atoms with E-state index in [2.05, 4.69) is 52.8 Å². The Labute approximate surface area is 193 Å². The van der Waals surface area contributed by atoms with Gasteiger partial charge in [0.15, 0.2) is 5.54 Å². The molecular formula is C26H19LiN4. The van der Waals surface area contributed by atoms with E-state index in [1.54, 1.807) is 4.80 Å². The Hall–Kier alpha value is -3.45. The second-order valence-electron chi connectivity index (χ2n) is 6.99. The van der Waals surface area contributed by atoms with Crippen molar-refractivity contribution < 1.29 is 18.9 Å². The van der Waals surface area contributed by atoms with Crippen LogP contribution in [0.2, 0.25) is 0 Å². The van der Waals surface area contributed by atoms with Gasteiger partial charge in [0.25, 0.3) is 0 Å². The van der Waals surface area contributed by atoms with Crippen LogP contribution < -0.4 is 18.9 Å². The minimum atomic E-state index is -0.760. The van der Waals surface area contributed by atoms with Gasteiger partial charge in [0.2, 0.25) is 0 Å². The maximum Gasteiger partial charge on any atom is 1.00 e. The minimum Gasteiger partial charge on any atom is -0.181 e. The quantitative estimate of drug-likeness (QED) is 0.260. The number of aromatic nitrogens is 4. The van der Waals surface area contributed by atoms with E-state index in [1.807, 2.05) is 78.9 Å². The zero-order valence-corrected chi connectivity index (χ0v) is 17.3. The molecule has 5 rings (SSSR count). The van der Waals surface area contributed by atoms with Crippen molar-refractivity contribution in [2.45, 2.75) is 5.54 Å². The molecule has 0 radical (unpaired) electrons. The van der Waals surface area contributed by atoms with Crippen molar-refractivity contribution >= 4 is 0 Å². The SMILES string of the molecule is [Li+].[c-]1ccccc1-c1nnn(C(c2ccccc2)(c2ccccc2)c2ccccc2)n1. The molecule has 0 fully saturated rings. The summed E-state index contributed by atoms with van der Waals surface area (Å²) in [7, 11) is 0. The fourth-order valence-corrected chi connectivity index (χ4v) is 3.88. The normalized spacial score (nSPS) is 11.0. The van der Waals surface area contributed by atoms with Gasteiger partial charge in [-0.15, -0.1) is 35.9 Å². The Morgan fingerprint density at radius 3 is 1.55 bits per heavy atom. The second-order valence-corrected chi connectivity index (χ2v) is 6.99. The molecule has 0 aliphatic carbocycles. The van der Waals surface area contributed by atoms with E-state index in [0.717, 1.165) is 22.3 Å². The van der Waals surface area contributed by atoms with Crippen LogP contribution in [0.25, 0.3) is 11.4 Å². The predicted molar refractivity (Wildman–Crippen MR) is 117 cm³/mol. The number of rotatable bonds is 5. The van der Waals surface area contributed by atoms with Crippen LogP contribution in [-0.4, -0.2) is 20.2 Å². The molecular weight excluding hydrogens is 375 g/mol. The molecule has 0 saturated carbocycles. The number of hydrogen-bond donors (Lipinski definition) is 0. The Morgan fingerprint density at radius 2 is 1.10 bits per heavy atom. The molecule has 4 aromatic carbocycles. The van der Waals surface area contributed by atoms with Gasteiger partial charge in [-0.3, -0.25) is 0 Å². The summed E-state index contributed by atoms with van der Waals surface area (Å²) >= 11 is 0. The molecule has 5 heteroatoms. The van der Waals surface area contributed by atoms with Gasteiger partial charge < -0.3 is 0 Å². The van der Waals surface area contributed by atoms with E-state index in [0.29, 0.717) is 5.82 Å². The monoisotopic (exact) mass is 394 g/mol. The van der Waals surface area contributed by atoms with Gasteiger partial charge in [-0.25, -0.2) is 0 Å². The first-order chi connectivity index (χ1) is 14.9. The molecule has 1 heterocycles. The zero-order chi connectivity index (χ0) is 20.2. The van der Waals surface area contributed by atoms with Crippen LogP contribution in [-0.2, 0) is 5.54 Å². The van der Waals surface area contributed by atoms with Crippen LogP contribution in [0.15, 0.2) is 115 Å². The Balaban J connectivity index is 0.00000231. The molecule has 31 heavy (non-hydrogen) atoms. The van der Waals surface area contributed by atoms with Crippen LogP contribution in [0, 0.1) is 6.07 Å². The van der Waals surface area contributed by atoms with Gasteiger partial charge in [-0.1, -0.05) is 96.2 Å². The predicted octanol–water partition coefficient (Wildman–Crippen LogP) is 1.98. The van der Waals surface area contributed by atoms with Gasteiger partial charge in [0, 0.05) is 0 Å². The van der Waals surface area contributed by atoms with E-state index in [9.17, 15) is 0 Å². The first-order valence-electron chi connectivity index (χ1n) is 9.83. The molecule has 0 N–H and O–H groups in total. The molecule has 0 spiro atoms. The zero-order valence-electron chi connectivity index (χ0n) is 17.3. The largest absolute Gasteiger partial charge is 1.00 e. The van der Waals surface area contributed by atoms with Crippen molar-refractivity contribution in [1.82, 2.24) is 20.2 Å². The summed E-state index contributed by atoms with van der Waals surface area (Å²) in [5, 5.41) is 13.8. The summed E-state index contributed by atoms with van der Waals surface area (Å²) in [5.41, 5.74) is 3.23. The average Bonchev–Trinajstić information content (AvgIpc) is 3.33. The van der Waals surface area contributed by atoms with Crippen molar-refractivity contribution in [3.05, 3.63) is 138 Å². The van der Waals surface area contributed by atoms with E-state index < -0.39 is 5.54 Å². The standard InChI is InChI=1S/C26H19N4.Li/c1-5-13-21(14-6-1)25-27-29-30(28-25)26(22-15-7-2-8-16-22,23-17-9-3-10-18-23)24-19-11-4-12-20-24;/h1-13,15-20H;/q-1;+1. The van der Waals surface area contributed by atoms with E-state index in [-0.39, 0.29) is 18.9 Å². The fourth-order valence-electron chi connectivity index (χ4n) is 3.88. The van der Waals surface area contributed by atoms with Crippen LogP contribution >= 0.6 is 0 Å². The summed E-state index contributed by atoms with van der Waals surface area (Å²) in [6.45, 7) is 0. The maximum absolute atomic E-state index is 4.85. The third-order valence-corrected chi connectivity index (χ3v) is 5.24. The third kappa shape index (κ3) is 3.72. The van der Waals surface area contributed by atoms with Crippen LogP contribution in [0.1, 0.15) is 16.7 Å². The third-order valence-electron chi connectivity index (χ3n) is 5.24. The average molecular weight is 394 g/mol. The summed E-state index contributed by atoms with van der Waals surface area (Å²) in [6.07, 6.45) is 0. The number of nitrogens with zero attached hydrogens (tertiary/aromatic N) is 4. The molecule has 4 nitrogen and oxygen atoms in total. The molecule has 0 bridgehead atoms. The van der Waals surface area contributed by atoms with Crippen molar-refractivity contribution in [1.29, 1.82) is 0 Å². The van der Waals surface area contributed by atoms with Crippen molar-refractivity contribution in [2.24, 2.45) is 0 Å². The second kappa shape index (κ2) is 9.14. The molecule has 5 aromatic rings. The summed E-state index contributed by atoms with van der Waals surface area (Å²) < 4.78 is 0. The van der Waals surface area contributed by atoms with Gasteiger partial charge >= 0.3 is 18.9 Å². The number of benzene rings is 4. The van der Waals surface area contributed by atoms with Gasteiger partial charge in [-0.2, -0.15) is 15.0 Å². The van der Waals surface area contributed by atoms with Gasteiger partial charge in [-0.05, 0) is 16.7 Å². The minimum absolute atomic E-state index is 0.